The van der Waals surface area contributed by atoms with Crippen LogP contribution >= 0.6 is 0 Å². The molecule has 1 atom stereocenters. The number of aryl methyl sites for hydroxylation is 1. The van der Waals surface area contributed by atoms with Crippen LogP contribution in [-0.4, -0.2) is 56.4 Å². The molecule has 1 aliphatic heterocycles. The van der Waals surface area contributed by atoms with E-state index < -0.39 is 0 Å². The summed E-state index contributed by atoms with van der Waals surface area (Å²) in [5, 5.41) is 3.67. The van der Waals surface area contributed by atoms with Crippen molar-refractivity contribution in [2.45, 2.75) is 71.4 Å². The van der Waals surface area contributed by atoms with E-state index in [2.05, 4.69) is 55.3 Å². The first kappa shape index (κ1) is 22.2. The molecule has 0 radical (unpaired) electrons. The number of likely N-dealkylation sites (tertiary alicyclic amines) is 1. The van der Waals surface area contributed by atoms with Crippen LogP contribution in [-0.2, 0) is 11.2 Å². The minimum Gasteiger partial charge on any atom is -0.492 e. The molecule has 0 aliphatic carbocycles. The molecule has 0 amide bonds. The molecule has 1 fully saturated rings. The van der Waals surface area contributed by atoms with Gasteiger partial charge in [0.1, 0.15) is 12.4 Å². The summed E-state index contributed by atoms with van der Waals surface area (Å²) in [6.07, 6.45) is 7.30. The van der Waals surface area contributed by atoms with Gasteiger partial charge >= 0.3 is 0 Å². The van der Waals surface area contributed by atoms with Gasteiger partial charge in [0.15, 0.2) is 0 Å². The molecule has 1 aromatic rings. The Kier molecular flexibility index (Phi) is 10.8. The standard InChI is InChI=1S/C23H40N2O2.H2/c1-4-26-16-7-5-6-10-21-11-8-13-23(18-21)27-17-15-25-14-9-12-22(19-25)24-20(2)3;/h8,11,13,18,20,22,24H,4-7,9-10,12,14-17,19H2,1-3H3;1H. The SMILES string of the molecule is CCOCCCCCc1cccc(OCCN2CCCC(NC(C)C)C2)c1.[HH]. The van der Waals surface area contributed by atoms with Crippen molar-refractivity contribution in [3.8, 4) is 5.75 Å². The average molecular weight is 379 g/mol. The van der Waals surface area contributed by atoms with Crippen LogP contribution in [0.1, 0.15) is 59.9 Å². The number of unbranched alkanes of at least 4 members (excludes halogenated alkanes) is 2. The van der Waals surface area contributed by atoms with Crippen LogP contribution in [0.2, 0.25) is 0 Å². The summed E-state index contributed by atoms with van der Waals surface area (Å²) in [7, 11) is 0. The summed E-state index contributed by atoms with van der Waals surface area (Å²) in [6, 6.07) is 9.81. The molecule has 0 bridgehead atoms. The van der Waals surface area contributed by atoms with Gasteiger partial charge in [-0.2, -0.15) is 0 Å². The highest BCUT2D eigenvalue weighted by molar-refractivity contribution is 5.28. The van der Waals surface area contributed by atoms with Gasteiger partial charge in [0.25, 0.3) is 0 Å². The quantitative estimate of drug-likeness (QED) is 0.512. The fourth-order valence-electron chi connectivity index (χ4n) is 3.80. The first-order chi connectivity index (χ1) is 13.2. The van der Waals surface area contributed by atoms with Crippen LogP contribution in [0.5, 0.6) is 5.75 Å². The molecule has 156 valence electrons. The van der Waals surface area contributed by atoms with Crippen molar-refractivity contribution in [1.29, 1.82) is 0 Å². The predicted octanol–water partition coefficient (Wildman–Crippen LogP) is 4.52. The van der Waals surface area contributed by atoms with Crippen LogP contribution < -0.4 is 10.1 Å². The molecule has 0 aromatic heterocycles. The van der Waals surface area contributed by atoms with E-state index >= 15 is 0 Å². The first-order valence-electron chi connectivity index (χ1n) is 10.9. The van der Waals surface area contributed by atoms with Crippen LogP contribution in [0, 0.1) is 0 Å². The highest BCUT2D eigenvalue weighted by atomic mass is 16.5. The highest BCUT2D eigenvalue weighted by Gasteiger charge is 2.19. The number of hydrogen-bond donors (Lipinski definition) is 1. The lowest BCUT2D eigenvalue weighted by molar-refractivity contribution is 0.143. The number of nitrogens with one attached hydrogen (secondary N) is 1. The Labute approximate surface area is 168 Å². The second-order valence-corrected chi connectivity index (χ2v) is 7.96. The average Bonchev–Trinajstić information content (AvgIpc) is 2.65. The van der Waals surface area contributed by atoms with Crippen molar-refractivity contribution >= 4 is 0 Å². The zero-order chi connectivity index (χ0) is 19.3. The van der Waals surface area contributed by atoms with Gasteiger partial charge in [-0.1, -0.05) is 32.4 Å². The second kappa shape index (κ2) is 13.1. The molecular formula is C23H42N2O2. The number of rotatable bonds is 13. The van der Waals surface area contributed by atoms with E-state index in [1.54, 1.807) is 0 Å². The van der Waals surface area contributed by atoms with Gasteiger partial charge in [0.2, 0.25) is 0 Å². The van der Waals surface area contributed by atoms with E-state index in [9.17, 15) is 0 Å². The summed E-state index contributed by atoms with van der Waals surface area (Å²) >= 11 is 0. The number of piperidine rings is 1. The van der Waals surface area contributed by atoms with E-state index in [4.69, 9.17) is 9.47 Å². The Morgan fingerprint density at radius 1 is 1.22 bits per heavy atom. The molecule has 4 nitrogen and oxygen atoms in total. The minimum absolute atomic E-state index is 0. The van der Waals surface area contributed by atoms with Crippen molar-refractivity contribution in [2.75, 3.05) is 39.5 Å². The van der Waals surface area contributed by atoms with E-state index in [-0.39, 0.29) is 1.43 Å². The van der Waals surface area contributed by atoms with Crippen LogP contribution in [0.3, 0.4) is 0 Å². The first-order valence-corrected chi connectivity index (χ1v) is 10.9. The van der Waals surface area contributed by atoms with Crippen LogP contribution in [0.15, 0.2) is 24.3 Å². The molecule has 0 saturated carbocycles. The largest absolute Gasteiger partial charge is 0.492 e. The van der Waals surface area contributed by atoms with E-state index in [1.807, 2.05) is 0 Å². The summed E-state index contributed by atoms with van der Waals surface area (Å²) in [4.78, 5) is 2.53. The normalized spacial score (nSPS) is 18.1. The molecule has 2 rings (SSSR count). The van der Waals surface area contributed by atoms with Crippen molar-refractivity contribution in [3.63, 3.8) is 0 Å². The highest BCUT2D eigenvalue weighted by Crippen LogP contribution is 2.16. The van der Waals surface area contributed by atoms with Gasteiger partial charge < -0.3 is 14.8 Å². The molecule has 4 heteroatoms. The fourth-order valence-corrected chi connectivity index (χ4v) is 3.80. The molecular weight excluding hydrogens is 336 g/mol. The van der Waals surface area contributed by atoms with Gasteiger partial charge in [0.05, 0.1) is 0 Å². The predicted molar refractivity (Wildman–Crippen MR) is 116 cm³/mol. The molecule has 1 unspecified atom stereocenters. The third-order valence-corrected chi connectivity index (χ3v) is 5.11. The molecule has 0 spiro atoms. The lowest BCUT2D eigenvalue weighted by atomic mass is 10.1. The third kappa shape index (κ3) is 9.59. The lowest BCUT2D eigenvalue weighted by Gasteiger charge is -2.34. The summed E-state index contributed by atoms with van der Waals surface area (Å²) in [6.45, 7) is 12.4. The Balaban J connectivity index is 0.00000392. The van der Waals surface area contributed by atoms with Crippen LogP contribution in [0.4, 0.5) is 0 Å². The lowest BCUT2D eigenvalue weighted by Crippen LogP contribution is -2.48. The topological polar surface area (TPSA) is 33.7 Å². The Morgan fingerprint density at radius 3 is 2.93 bits per heavy atom. The number of benzene rings is 1. The Hall–Kier alpha value is -1.10. The maximum Gasteiger partial charge on any atom is 0.119 e. The third-order valence-electron chi connectivity index (χ3n) is 5.11. The van der Waals surface area contributed by atoms with Crippen molar-refractivity contribution < 1.29 is 10.9 Å². The zero-order valence-electron chi connectivity index (χ0n) is 17.7. The van der Waals surface area contributed by atoms with Gasteiger partial charge in [-0.15, -0.1) is 0 Å². The molecule has 1 aliphatic rings. The van der Waals surface area contributed by atoms with Crippen molar-refractivity contribution in [3.05, 3.63) is 29.8 Å². The second-order valence-electron chi connectivity index (χ2n) is 7.96. The minimum atomic E-state index is 0. The van der Waals surface area contributed by atoms with E-state index in [1.165, 1.54) is 37.8 Å². The smallest absolute Gasteiger partial charge is 0.119 e. The Morgan fingerprint density at radius 2 is 2.11 bits per heavy atom. The Bertz CT molecular complexity index is 513. The molecule has 1 N–H and O–H groups in total. The van der Waals surface area contributed by atoms with Crippen molar-refractivity contribution in [2.24, 2.45) is 0 Å². The molecule has 1 saturated heterocycles. The maximum atomic E-state index is 6.04. The van der Waals surface area contributed by atoms with Gasteiger partial charge in [0, 0.05) is 39.8 Å². The zero-order valence-corrected chi connectivity index (χ0v) is 17.7. The maximum absolute atomic E-state index is 6.04. The van der Waals surface area contributed by atoms with E-state index in [0.29, 0.717) is 12.1 Å². The van der Waals surface area contributed by atoms with Gasteiger partial charge in [-0.25, -0.2) is 0 Å². The summed E-state index contributed by atoms with van der Waals surface area (Å²) in [5.41, 5.74) is 1.38. The summed E-state index contributed by atoms with van der Waals surface area (Å²) < 4.78 is 11.4. The van der Waals surface area contributed by atoms with Crippen molar-refractivity contribution in [1.82, 2.24) is 10.2 Å². The summed E-state index contributed by atoms with van der Waals surface area (Å²) in [5.74, 6) is 1.01. The number of ether oxygens (including phenoxy) is 2. The van der Waals surface area contributed by atoms with Crippen LogP contribution in [0.25, 0.3) is 0 Å². The number of hydrogen-bond acceptors (Lipinski definition) is 4. The van der Waals surface area contributed by atoms with E-state index in [0.717, 1.165) is 51.5 Å². The van der Waals surface area contributed by atoms with Gasteiger partial charge in [-0.05, 0) is 63.3 Å². The molecule has 1 aromatic carbocycles. The van der Waals surface area contributed by atoms with Gasteiger partial charge in [-0.3, -0.25) is 4.90 Å². The molecule has 1 heterocycles. The molecule has 27 heavy (non-hydrogen) atoms. The fraction of sp³-hybridized carbons (Fsp3) is 0.739. The number of nitrogens with zero attached hydrogens (tertiary/aromatic N) is 1. The monoisotopic (exact) mass is 378 g/mol.